The van der Waals surface area contributed by atoms with Crippen molar-refractivity contribution in [3.63, 3.8) is 0 Å². The smallest absolute Gasteiger partial charge is 0.315 e. The lowest BCUT2D eigenvalue weighted by molar-refractivity contribution is -0.148. The predicted molar refractivity (Wildman–Crippen MR) is 70.4 cm³/mol. The second-order valence-corrected chi connectivity index (χ2v) is 4.39. The van der Waals surface area contributed by atoms with E-state index in [0.29, 0.717) is 0 Å². The molecule has 0 amide bonds. The van der Waals surface area contributed by atoms with E-state index in [1.54, 1.807) is 13.8 Å². The molecule has 2 heteroatoms. The Labute approximate surface area is 103 Å². The van der Waals surface area contributed by atoms with Crippen LogP contribution < -0.4 is 0 Å². The lowest BCUT2D eigenvalue weighted by atomic mass is 9.85. The van der Waals surface area contributed by atoms with Crippen molar-refractivity contribution in [3.8, 4) is 0 Å². The molecular weight excluding hydrogens is 212 g/mol. The van der Waals surface area contributed by atoms with E-state index in [2.05, 4.69) is 6.58 Å². The molecule has 0 saturated carbocycles. The van der Waals surface area contributed by atoms with Crippen molar-refractivity contribution in [3.05, 3.63) is 54.1 Å². The summed E-state index contributed by atoms with van der Waals surface area (Å²) in [6.45, 7) is 7.53. The van der Waals surface area contributed by atoms with Gasteiger partial charge in [0.05, 0.1) is 12.5 Å². The van der Waals surface area contributed by atoms with E-state index in [9.17, 15) is 4.79 Å². The van der Waals surface area contributed by atoms with Gasteiger partial charge in [-0.25, -0.2) is 0 Å². The Hall–Kier alpha value is -1.83. The average Bonchev–Trinajstić information content (AvgIpc) is 2.35. The molecule has 1 aromatic carbocycles. The Bertz CT molecular complexity index is 427. The van der Waals surface area contributed by atoms with Crippen LogP contribution in [-0.2, 0) is 9.53 Å². The molecule has 0 aliphatic rings. The molecule has 0 aliphatic heterocycles. The van der Waals surface area contributed by atoms with E-state index >= 15 is 0 Å². The largest absolute Gasteiger partial charge is 0.468 e. The monoisotopic (exact) mass is 230 g/mol. The number of allylic oxidation sites excluding steroid dienone is 1. The summed E-state index contributed by atoms with van der Waals surface area (Å²) in [7, 11) is 1.39. The first kappa shape index (κ1) is 13.2. The summed E-state index contributed by atoms with van der Waals surface area (Å²) in [5.41, 5.74) is 1.11. The van der Waals surface area contributed by atoms with E-state index in [-0.39, 0.29) is 5.97 Å². The maximum atomic E-state index is 11.6. The van der Waals surface area contributed by atoms with Crippen LogP contribution in [0.3, 0.4) is 0 Å². The number of hydrogen-bond acceptors (Lipinski definition) is 2. The van der Waals surface area contributed by atoms with E-state index in [0.717, 1.165) is 11.1 Å². The summed E-state index contributed by atoms with van der Waals surface area (Å²) >= 11 is 0. The number of esters is 1. The van der Waals surface area contributed by atoms with Crippen molar-refractivity contribution in [2.45, 2.75) is 13.8 Å². The minimum Gasteiger partial charge on any atom is -0.468 e. The third-order valence-electron chi connectivity index (χ3n) is 2.78. The lowest BCUT2D eigenvalue weighted by Gasteiger charge is -2.21. The molecule has 0 bridgehead atoms. The van der Waals surface area contributed by atoms with Gasteiger partial charge in [0.15, 0.2) is 0 Å². The standard InChI is InChI=1S/C15H18O2/c1-12(15(2,3)14(16)17-4)10-11-13-8-6-5-7-9-13/h5-11H,1H2,2-4H3/b11-10+. The Balaban J connectivity index is 2.79. The van der Waals surface area contributed by atoms with Gasteiger partial charge in [0.25, 0.3) is 0 Å². The summed E-state index contributed by atoms with van der Waals surface area (Å²) in [6.07, 6.45) is 3.79. The molecule has 0 aromatic heterocycles. The van der Waals surface area contributed by atoms with E-state index in [4.69, 9.17) is 4.74 Å². The van der Waals surface area contributed by atoms with Gasteiger partial charge in [-0.2, -0.15) is 0 Å². The second-order valence-electron chi connectivity index (χ2n) is 4.39. The maximum absolute atomic E-state index is 11.6. The molecule has 1 rings (SSSR count). The molecule has 0 fully saturated rings. The normalized spacial score (nSPS) is 11.5. The number of methoxy groups -OCH3 is 1. The maximum Gasteiger partial charge on any atom is 0.315 e. The van der Waals surface area contributed by atoms with Crippen molar-refractivity contribution in [1.82, 2.24) is 0 Å². The highest BCUT2D eigenvalue weighted by atomic mass is 16.5. The van der Waals surface area contributed by atoms with Crippen molar-refractivity contribution in [2.75, 3.05) is 7.11 Å². The SMILES string of the molecule is C=C(/C=C/c1ccccc1)C(C)(C)C(=O)OC. The molecule has 0 spiro atoms. The molecule has 90 valence electrons. The summed E-state index contributed by atoms with van der Waals surface area (Å²) in [4.78, 5) is 11.6. The van der Waals surface area contributed by atoms with Gasteiger partial charge in [0.1, 0.15) is 0 Å². The van der Waals surface area contributed by atoms with Crippen LogP contribution in [-0.4, -0.2) is 13.1 Å². The van der Waals surface area contributed by atoms with Gasteiger partial charge in [0.2, 0.25) is 0 Å². The van der Waals surface area contributed by atoms with E-state index in [1.807, 2.05) is 42.5 Å². The molecular formula is C15H18O2. The van der Waals surface area contributed by atoms with Gasteiger partial charge < -0.3 is 4.74 Å². The molecule has 0 radical (unpaired) electrons. The van der Waals surface area contributed by atoms with Gasteiger partial charge in [-0.05, 0) is 25.0 Å². The minimum atomic E-state index is -0.694. The van der Waals surface area contributed by atoms with Gasteiger partial charge >= 0.3 is 5.97 Å². The second kappa shape index (κ2) is 5.48. The van der Waals surface area contributed by atoms with Gasteiger partial charge in [-0.1, -0.05) is 49.1 Å². The van der Waals surface area contributed by atoms with Crippen LogP contribution in [0.15, 0.2) is 48.6 Å². The fourth-order valence-electron chi connectivity index (χ4n) is 1.36. The van der Waals surface area contributed by atoms with Crippen molar-refractivity contribution >= 4 is 12.0 Å². The molecule has 17 heavy (non-hydrogen) atoms. The first-order chi connectivity index (χ1) is 7.98. The van der Waals surface area contributed by atoms with Gasteiger partial charge in [-0.15, -0.1) is 0 Å². The molecule has 2 nitrogen and oxygen atoms in total. The number of benzene rings is 1. The summed E-state index contributed by atoms with van der Waals surface area (Å²) < 4.78 is 4.75. The third kappa shape index (κ3) is 3.31. The highest BCUT2D eigenvalue weighted by Crippen LogP contribution is 2.27. The number of ether oxygens (including phenoxy) is 1. The van der Waals surface area contributed by atoms with Crippen LogP contribution >= 0.6 is 0 Å². The van der Waals surface area contributed by atoms with Crippen LogP contribution in [0.1, 0.15) is 19.4 Å². The zero-order valence-electron chi connectivity index (χ0n) is 10.6. The first-order valence-corrected chi connectivity index (χ1v) is 5.49. The number of carbonyl (C=O) groups excluding carboxylic acids is 1. The fourth-order valence-corrected chi connectivity index (χ4v) is 1.36. The van der Waals surface area contributed by atoms with Crippen molar-refractivity contribution in [1.29, 1.82) is 0 Å². The van der Waals surface area contributed by atoms with Gasteiger partial charge in [-0.3, -0.25) is 4.79 Å². The predicted octanol–water partition coefficient (Wildman–Crippen LogP) is 3.46. The quantitative estimate of drug-likeness (QED) is 0.585. The molecule has 0 N–H and O–H groups in total. The Morgan fingerprint density at radius 2 is 1.88 bits per heavy atom. The number of rotatable bonds is 4. The van der Waals surface area contributed by atoms with Crippen molar-refractivity contribution in [2.24, 2.45) is 5.41 Å². The first-order valence-electron chi connectivity index (χ1n) is 5.49. The zero-order valence-corrected chi connectivity index (χ0v) is 10.6. The fraction of sp³-hybridized carbons (Fsp3) is 0.267. The van der Waals surface area contributed by atoms with Crippen LogP contribution in [0.2, 0.25) is 0 Å². The summed E-state index contributed by atoms with van der Waals surface area (Å²) in [5, 5.41) is 0. The molecule has 0 aliphatic carbocycles. The van der Waals surface area contributed by atoms with Crippen LogP contribution in [0.25, 0.3) is 6.08 Å². The average molecular weight is 230 g/mol. The zero-order chi connectivity index (χ0) is 12.9. The molecule has 0 heterocycles. The highest BCUT2D eigenvalue weighted by molar-refractivity contribution is 5.80. The topological polar surface area (TPSA) is 26.3 Å². The van der Waals surface area contributed by atoms with Crippen LogP contribution in [0.4, 0.5) is 0 Å². The Morgan fingerprint density at radius 3 is 2.41 bits per heavy atom. The molecule has 0 unspecified atom stereocenters. The summed E-state index contributed by atoms with van der Waals surface area (Å²) in [5.74, 6) is -0.278. The van der Waals surface area contributed by atoms with Crippen molar-refractivity contribution < 1.29 is 9.53 Å². The lowest BCUT2D eigenvalue weighted by Crippen LogP contribution is -2.26. The summed E-state index contributed by atoms with van der Waals surface area (Å²) in [6, 6.07) is 9.89. The highest BCUT2D eigenvalue weighted by Gasteiger charge is 2.30. The Morgan fingerprint density at radius 1 is 1.29 bits per heavy atom. The van der Waals surface area contributed by atoms with E-state index in [1.165, 1.54) is 7.11 Å². The minimum absolute atomic E-state index is 0.278. The van der Waals surface area contributed by atoms with Crippen LogP contribution in [0, 0.1) is 5.41 Å². The van der Waals surface area contributed by atoms with Crippen LogP contribution in [0.5, 0.6) is 0 Å². The third-order valence-corrected chi connectivity index (χ3v) is 2.78. The molecule has 0 saturated heterocycles. The Kier molecular flexibility index (Phi) is 4.27. The number of carbonyl (C=O) groups is 1. The van der Waals surface area contributed by atoms with E-state index < -0.39 is 5.41 Å². The number of hydrogen-bond donors (Lipinski definition) is 0. The van der Waals surface area contributed by atoms with Gasteiger partial charge in [0, 0.05) is 0 Å². The molecule has 0 atom stereocenters. The molecule has 1 aromatic rings.